The normalized spacial score (nSPS) is 20.2. The topological polar surface area (TPSA) is 48.4 Å². The number of aryl methyl sites for hydroxylation is 1. The van der Waals surface area contributed by atoms with Gasteiger partial charge < -0.3 is 15.3 Å². The van der Waals surface area contributed by atoms with E-state index in [2.05, 4.69) is 35.3 Å². The van der Waals surface area contributed by atoms with Crippen LogP contribution in [0.5, 0.6) is 0 Å². The fourth-order valence-corrected chi connectivity index (χ4v) is 4.72. The number of pyridine rings is 1. The quantitative estimate of drug-likeness (QED) is 0.858. The van der Waals surface area contributed by atoms with Crippen LogP contribution in [0.15, 0.2) is 24.4 Å². The monoisotopic (exact) mass is 341 g/mol. The van der Waals surface area contributed by atoms with E-state index in [-0.39, 0.29) is 6.61 Å². The predicted octanol–water partition coefficient (Wildman–Crippen LogP) is 0.601. The van der Waals surface area contributed by atoms with Crippen LogP contribution in [0.4, 0.5) is 0 Å². The Labute approximate surface area is 146 Å². The molecule has 2 aromatic rings. The van der Waals surface area contributed by atoms with Crippen molar-refractivity contribution < 1.29 is 5.11 Å². The summed E-state index contributed by atoms with van der Waals surface area (Å²) in [6, 6.07) is 6.83. The Balaban J connectivity index is 1.87. The van der Waals surface area contributed by atoms with Gasteiger partial charge in [-0.2, -0.15) is 0 Å². The van der Waals surface area contributed by atoms with Gasteiger partial charge in [0.15, 0.2) is 0 Å². The van der Waals surface area contributed by atoms with Crippen molar-refractivity contribution in [1.82, 2.24) is 15.2 Å². The number of rotatable bonds is 3. The SMILES string of the molecule is Cc1cc2c(s1)CC=c1cccnc1=C2N1CCNC(CCO)C1. The molecule has 5 heteroatoms. The molecule has 1 aliphatic carbocycles. The maximum Gasteiger partial charge on any atom is 0.0938 e. The summed E-state index contributed by atoms with van der Waals surface area (Å²) in [5.74, 6) is 0. The first-order chi connectivity index (χ1) is 11.8. The van der Waals surface area contributed by atoms with Gasteiger partial charge in [-0.15, -0.1) is 11.3 Å². The summed E-state index contributed by atoms with van der Waals surface area (Å²) in [7, 11) is 0. The Morgan fingerprint density at radius 1 is 1.46 bits per heavy atom. The van der Waals surface area contributed by atoms with Crippen molar-refractivity contribution >= 4 is 23.1 Å². The zero-order valence-electron chi connectivity index (χ0n) is 14.0. The van der Waals surface area contributed by atoms with E-state index in [9.17, 15) is 5.11 Å². The van der Waals surface area contributed by atoms with Gasteiger partial charge in [0.25, 0.3) is 0 Å². The molecule has 1 aliphatic heterocycles. The Hall–Kier alpha value is -1.69. The number of hydrogen-bond donors (Lipinski definition) is 2. The number of piperazine rings is 1. The minimum absolute atomic E-state index is 0.228. The van der Waals surface area contributed by atoms with Crippen LogP contribution in [-0.4, -0.2) is 47.3 Å². The summed E-state index contributed by atoms with van der Waals surface area (Å²) in [6.45, 7) is 5.25. The molecule has 24 heavy (non-hydrogen) atoms. The van der Waals surface area contributed by atoms with Crippen LogP contribution >= 0.6 is 11.3 Å². The molecule has 0 radical (unpaired) electrons. The number of nitrogens with zero attached hydrogens (tertiary/aromatic N) is 2. The number of aromatic nitrogens is 1. The van der Waals surface area contributed by atoms with Crippen molar-refractivity contribution in [2.24, 2.45) is 0 Å². The van der Waals surface area contributed by atoms with Gasteiger partial charge in [-0.05, 0) is 30.7 Å². The van der Waals surface area contributed by atoms with Gasteiger partial charge in [0.05, 0.1) is 11.0 Å². The van der Waals surface area contributed by atoms with Crippen LogP contribution in [0.2, 0.25) is 0 Å². The van der Waals surface area contributed by atoms with Crippen LogP contribution < -0.4 is 15.9 Å². The summed E-state index contributed by atoms with van der Waals surface area (Å²) in [6.07, 6.45) is 5.96. The van der Waals surface area contributed by atoms with Crippen LogP contribution in [0.1, 0.15) is 21.7 Å². The first-order valence-electron chi connectivity index (χ1n) is 8.60. The summed E-state index contributed by atoms with van der Waals surface area (Å²) < 4.78 is 0. The van der Waals surface area contributed by atoms with E-state index in [0.717, 1.165) is 37.8 Å². The zero-order chi connectivity index (χ0) is 16.5. The molecule has 126 valence electrons. The number of hydrogen-bond acceptors (Lipinski definition) is 5. The molecule has 1 saturated heterocycles. The fraction of sp³-hybridized carbons (Fsp3) is 0.421. The number of thiophene rings is 1. The van der Waals surface area contributed by atoms with Crippen LogP contribution in [-0.2, 0) is 6.42 Å². The highest BCUT2D eigenvalue weighted by atomic mass is 32.1. The molecule has 2 N–H and O–H groups in total. The maximum atomic E-state index is 9.30. The summed E-state index contributed by atoms with van der Waals surface area (Å²) in [5, 5.41) is 15.1. The highest BCUT2D eigenvalue weighted by Crippen LogP contribution is 2.30. The maximum absolute atomic E-state index is 9.30. The van der Waals surface area contributed by atoms with E-state index in [4.69, 9.17) is 4.98 Å². The van der Waals surface area contributed by atoms with Crippen LogP contribution in [0.25, 0.3) is 11.8 Å². The molecule has 0 aromatic carbocycles. The molecular weight excluding hydrogens is 318 g/mol. The first kappa shape index (κ1) is 15.8. The molecule has 0 amide bonds. The molecule has 0 bridgehead atoms. The summed E-state index contributed by atoms with van der Waals surface area (Å²) in [5.41, 5.74) is 2.61. The molecule has 3 heterocycles. The number of fused-ring (bicyclic) bond motifs is 2. The molecular formula is C19H23N3OS. The smallest absolute Gasteiger partial charge is 0.0938 e. The predicted molar refractivity (Wildman–Crippen MR) is 98.3 cm³/mol. The summed E-state index contributed by atoms with van der Waals surface area (Å²) >= 11 is 1.89. The second kappa shape index (κ2) is 6.67. The van der Waals surface area contributed by atoms with Gasteiger partial charge in [0.1, 0.15) is 0 Å². The Kier molecular flexibility index (Phi) is 4.39. The Morgan fingerprint density at radius 2 is 2.38 bits per heavy atom. The van der Waals surface area contributed by atoms with Crippen molar-refractivity contribution in [1.29, 1.82) is 0 Å². The molecule has 0 saturated carbocycles. The second-order valence-electron chi connectivity index (χ2n) is 6.50. The third kappa shape index (κ3) is 2.88. The average molecular weight is 341 g/mol. The van der Waals surface area contributed by atoms with Gasteiger partial charge in [-0.1, -0.05) is 12.1 Å². The zero-order valence-corrected chi connectivity index (χ0v) is 14.8. The van der Waals surface area contributed by atoms with E-state index in [0.29, 0.717) is 6.04 Å². The first-order valence-corrected chi connectivity index (χ1v) is 9.42. The van der Waals surface area contributed by atoms with Crippen LogP contribution in [0, 0.1) is 6.92 Å². The van der Waals surface area contributed by atoms with Crippen molar-refractivity contribution in [2.75, 3.05) is 26.2 Å². The molecule has 4 rings (SSSR count). The van der Waals surface area contributed by atoms with Crippen molar-refractivity contribution in [3.8, 4) is 0 Å². The molecule has 2 aromatic heterocycles. The average Bonchev–Trinajstić information content (AvgIpc) is 2.88. The molecule has 2 aliphatic rings. The number of aliphatic hydroxyl groups excluding tert-OH is 1. The molecule has 1 fully saturated rings. The minimum atomic E-state index is 0.228. The highest BCUT2D eigenvalue weighted by molar-refractivity contribution is 7.12. The number of nitrogens with one attached hydrogen (secondary N) is 1. The van der Waals surface area contributed by atoms with E-state index < -0.39 is 0 Å². The van der Waals surface area contributed by atoms with E-state index >= 15 is 0 Å². The van der Waals surface area contributed by atoms with Crippen molar-refractivity contribution in [2.45, 2.75) is 25.8 Å². The van der Waals surface area contributed by atoms with Gasteiger partial charge in [-0.3, -0.25) is 4.98 Å². The van der Waals surface area contributed by atoms with Gasteiger partial charge in [0, 0.05) is 60.2 Å². The van der Waals surface area contributed by atoms with E-state index in [1.807, 2.05) is 23.6 Å². The Morgan fingerprint density at radius 3 is 3.25 bits per heavy atom. The molecule has 4 nitrogen and oxygen atoms in total. The standard InChI is InChI=1S/C19H23N3OS/c1-13-11-16-17(24-13)5-4-14-3-2-7-21-18(14)19(16)22-9-8-20-15(12-22)6-10-23/h2-4,7,11,15,20,23H,5-6,8-10,12H2,1H3. The lowest BCUT2D eigenvalue weighted by Gasteiger charge is -2.36. The van der Waals surface area contributed by atoms with E-state index in [1.54, 1.807) is 0 Å². The minimum Gasteiger partial charge on any atom is -0.396 e. The van der Waals surface area contributed by atoms with Gasteiger partial charge in [0.2, 0.25) is 0 Å². The molecule has 0 spiro atoms. The van der Waals surface area contributed by atoms with Crippen LogP contribution in [0.3, 0.4) is 0 Å². The highest BCUT2D eigenvalue weighted by Gasteiger charge is 2.25. The number of aliphatic hydroxyl groups is 1. The third-order valence-electron chi connectivity index (χ3n) is 4.81. The lowest BCUT2D eigenvalue weighted by molar-refractivity contribution is 0.217. The fourth-order valence-electron chi connectivity index (χ4n) is 3.72. The van der Waals surface area contributed by atoms with Gasteiger partial charge >= 0.3 is 0 Å². The third-order valence-corrected chi connectivity index (χ3v) is 5.88. The van der Waals surface area contributed by atoms with Crippen molar-refractivity contribution in [3.05, 3.63) is 50.3 Å². The van der Waals surface area contributed by atoms with E-state index in [1.165, 1.54) is 26.2 Å². The van der Waals surface area contributed by atoms with Crippen molar-refractivity contribution in [3.63, 3.8) is 0 Å². The lowest BCUT2D eigenvalue weighted by Crippen LogP contribution is -2.52. The molecule has 1 atom stereocenters. The largest absolute Gasteiger partial charge is 0.396 e. The molecule has 1 unspecified atom stereocenters. The Bertz CT molecular complexity index is 856. The van der Waals surface area contributed by atoms with Gasteiger partial charge in [-0.25, -0.2) is 0 Å². The lowest BCUT2D eigenvalue weighted by atomic mass is 10.1. The second-order valence-corrected chi connectivity index (χ2v) is 7.84. The summed E-state index contributed by atoms with van der Waals surface area (Å²) in [4.78, 5) is 9.99.